The second kappa shape index (κ2) is 8.29. The van der Waals surface area contributed by atoms with E-state index in [2.05, 4.69) is 0 Å². The Labute approximate surface area is 163 Å². The molecule has 5 nitrogen and oxygen atoms in total. The number of hydrogen-bond acceptors (Lipinski definition) is 5. The molecule has 0 atom stereocenters. The van der Waals surface area contributed by atoms with Gasteiger partial charge in [-0.05, 0) is 19.1 Å². The van der Waals surface area contributed by atoms with Crippen LogP contribution >= 0.6 is 0 Å². The van der Waals surface area contributed by atoms with Crippen LogP contribution < -0.4 is 0 Å². The van der Waals surface area contributed by atoms with E-state index < -0.39 is 27.8 Å². The van der Waals surface area contributed by atoms with E-state index in [0.717, 1.165) is 5.56 Å². The summed E-state index contributed by atoms with van der Waals surface area (Å²) in [6.07, 6.45) is -1.81. The van der Waals surface area contributed by atoms with Gasteiger partial charge in [-0.1, -0.05) is 78.4 Å². The summed E-state index contributed by atoms with van der Waals surface area (Å²) in [6, 6.07) is 22.0. The zero-order valence-electron chi connectivity index (χ0n) is 15.1. The molecule has 0 aliphatic carbocycles. The molecule has 0 amide bonds. The first-order valence-corrected chi connectivity index (χ1v) is 9.98. The van der Waals surface area contributed by atoms with Crippen LogP contribution in [0.15, 0.2) is 89.8 Å². The van der Waals surface area contributed by atoms with Crippen molar-refractivity contribution in [1.82, 2.24) is 0 Å². The Morgan fingerprint density at radius 1 is 0.714 bits per heavy atom. The maximum atomic E-state index is 12.9. The highest BCUT2D eigenvalue weighted by atomic mass is 32.2. The van der Waals surface area contributed by atoms with Crippen LogP contribution in [0.2, 0.25) is 0 Å². The van der Waals surface area contributed by atoms with Crippen LogP contribution in [0.5, 0.6) is 0 Å². The highest BCUT2D eigenvalue weighted by molar-refractivity contribution is 7.86. The van der Waals surface area contributed by atoms with Crippen molar-refractivity contribution in [2.24, 2.45) is 0 Å². The predicted octanol–water partition coefficient (Wildman–Crippen LogP) is 3.83. The van der Waals surface area contributed by atoms with Gasteiger partial charge in [-0.2, -0.15) is 8.42 Å². The normalized spacial score (nSPS) is 11.4. The first-order valence-electron chi connectivity index (χ1n) is 8.57. The zero-order chi connectivity index (χ0) is 20.1. The molecule has 28 heavy (non-hydrogen) atoms. The van der Waals surface area contributed by atoms with Gasteiger partial charge in [-0.3, -0.25) is 9.59 Å². The quantitative estimate of drug-likeness (QED) is 0.346. The number of rotatable bonds is 7. The van der Waals surface area contributed by atoms with Gasteiger partial charge < -0.3 is 0 Å². The standard InChI is InChI=1S/C22H18O5S/c1-16-12-14-19(15-13-16)28(25,26)27-22(20(23)17-8-4-2-5-9-17)21(24)18-10-6-3-7-11-18/h2-15,22H,1H3. The monoisotopic (exact) mass is 394 g/mol. The molecule has 0 unspecified atom stereocenters. The van der Waals surface area contributed by atoms with E-state index in [0.29, 0.717) is 0 Å². The topological polar surface area (TPSA) is 77.5 Å². The molecule has 0 spiro atoms. The van der Waals surface area contributed by atoms with Crippen molar-refractivity contribution in [3.63, 3.8) is 0 Å². The average Bonchev–Trinajstić information content (AvgIpc) is 2.72. The largest absolute Gasteiger partial charge is 0.298 e. The lowest BCUT2D eigenvalue weighted by atomic mass is 9.99. The molecule has 0 N–H and O–H groups in total. The van der Waals surface area contributed by atoms with E-state index in [4.69, 9.17) is 4.18 Å². The van der Waals surface area contributed by atoms with Crippen molar-refractivity contribution in [3.8, 4) is 0 Å². The minimum absolute atomic E-state index is 0.121. The van der Waals surface area contributed by atoms with Crippen molar-refractivity contribution < 1.29 is 22.2 Å². The third-order valence-electron chi connectivity index (χ3n) is 4.13. The van der Waals surface area contributed by atoms with Crippen LogP contribution in [-0.4, -0.2) is 26.1 Å². The molecule has 0 saturated heterocycles. The highest BCUT2D eigenvalue weighted by Crippen LogP contribution is 2.20. The second-order valence-electron chi connectivity index (χ2n) is 6.20. The minimum Gasteiger partial charge on any atom is -0.291 e. The van der Waals surface area contributed by atoms with E-state index in [1.54, 1.807) is 48.5 Å². The Hall–Kier alpha value is -3.09. The van der Waals surface area contributed by atoms with Crippen molar-refractivity contribution in [2.45, 2.75) is 17.9 Å². The summed E-state index contributed by atoms with van der Waals surface area (Å²) < 4.78 is 30.6. The van der Waals surface area contributed by atoms with Gasteiger partial charge in [-0.15, -0.1) is 0 Å². The zero-order valence-corrected chi connectivity index (χ0v) is 15.9. The number of Topliss-reactive ketones (excluding diaryl/α,β-unsaturated/α-hetero) is 2. The van der Waals surface area contributed by atoms with E-state index >= 15 is 0 Å². The molecule has 0 aliphatic heterocycles. The van der Waals surface area contributed by atoms with Gasteiger partial charge in [-0.25, -0.2) is 4.18 Å². The lowest BCUT2D eigenvalue weighted by molar-refractivity contribution is 0.0678. The van der Waals surface area contributed by atoms with E-state index in [1.807, 2.05) is 6.92 Å². The summed E-state index contributed by atoms with van der Waals surface area (Å²) in [5, 5.41) is 0. The fourth-order valence-electron chi connectivity index (χ4n) is 2.60. The maximum absolute atomic E-state index is 12.9. The van der Waals surface area contributed by atoms with Gasteiger partial charge in [0.25, 0.3) is 10.1 Å². The second-order valence-corrected chi connectivity index (χ2v) is 7.78. The van der Waals surface area contributed by atoms with Crippen LogP contribution in [0.4, 0.5) is 0 Å². The van der Waals surface area contributed by atoms with Crippen LogP contribution in [0, 0.1) is 6.92 Å². The summed E-state index contributed by atoms with van der Waals surface area (Å²) in [5.41, 5.74) is 1.25. The number of carbonyl (C=O) groups excluding carboxylic acids is 2. The molecule has 0 fully saturated rings. The third-order valence-corrected chi connectivity index (χ3v) is 5.42. The molecule has 142 valence electrons. The van der Waals surface area contributed by atoms with Crippen molar-refractivity contribution in [1.29, 1.82) is 0 Å². The van der Waals surface area contributed by atoms with Gasteiger partial charge in [0.2, 0.25) is 17.7 Å². The fraction of sp³-hybridized carbons (Fsp3) is 0.0909. The predicted molar refractivity (Wildman–Crippen MR) is 105 cm³/mol. The van der Waals surface area contributed by atoms with Crippen LogP contribution in [0.25, 0.3) is 0 Å². The minimum atomic E-state index is -4.32. The molecule has 0 aliphatic rings. The van der Waals surface area contributed by atoms with Crippen molar-refractivity contribution in [3.05, 3.63) is 102 Å². The Balaban J connectivity index is 1.99. The number of carbonyl (C=O) groups is 2. The van der Waals surface area contributed by atoms with E-state index in [9.17, 15) is 18.0 Å². The number of hydrogen-bond donors (Lipinski definition) is 0. The average molecular weight is 394 g/mol. The number of aryl methyl sites for hydroxylation is 1. The smallest absolute Gasteiger partial charge is 0.291 e. The van der Waals surface area contributed by atoms with Gasteiger partial charge in [0.1, 0.15) is 0 Å². The Morgan fingerprint density at radius 3 is 1.57 bits per heavy atom. The molecule has 6 heteroatoms. The third kappa shape index (κ3) is 4.42. The number of benzene rings is 3. The van der Waals surface area contributed by atoms with Crippen molar-refractivity contribution >= 4 is 21.7 Å². The van der Waals surface area contributed by atoms with Gasteiger partial charge >= 0.3 is 0 Å². The Kier molecular flexibility index (Phi) is 5.82. The number of ketones is 2. The summed E-state index contributed by atoms with van der Waals surface area (Å²) in [4.78, 5) is 25.7. The van der Waals surface area contributed by atoms with E-state index in [1.165, 1.54) is 36.4 Å². The Morgan fingerprint density at radius 2 is 1.14 bits per heavy atom. The van der Waals surface area contributed by atoms with E-state index in [-0.39, 0.29) is 16.0 Å². The SMILES string of the molecule is Cc1ccc(S(=O)(=O)OC(C(=O)c2ccccc2)C(=O)c2ccccc2)cc1. The molecule has 3 aromatic rings. The summed E-state index contributed by atoms with van der Waals surface area (Å²) in [7, 11) is -4.32. The first kappa shape index (κ1) is 19.7. The highest BCUT2D eigenvalue weighted by Gasteiger charge is 2.34. The van der Waals surface area contributed by atoms with Gasteiger partial charge in [0, 0.05) is 11.1 Å². The molecule has 3 rings (SSSR count). The Bertz CT molecular complexity index is 1020. The van der Waals surface area contributed by atoms with Gasteiger partial charge in [0.15, 0.2) is 0 Å². The molecule has 0 radical (unpaired) electrons. The lowest BCUT2D eigenvalue weighted by Crippen LogP contribution is -2.35. The fourth-order valence-corrected chi connectivity index (χ4v) is 3.61. The molecular weight excluding hydrogens is 376 g/mol. The van der Waals surface area contributed by atoms with Gasteiger partial charge in [0.05, 0.1) is 4.90 Å². The molecule has 3 aromatic carbocycles. The summed E-state index contributed by atoms with van der Waals surface area (Å²) >= 11 is 0. The molecule has 0 bridgehead atoms. The molecule has 0 saturated carbocycles. The van der Waals surface area contributed by atoms with Crippen molar-refractivity contribution in [2.75, 3.05) is 0 Å². The van der Waals surface area contributed by atoms with Crippen LogP contribution in [-0.2, 0) is 14.3 Å². The first-order chi connectivity index (χ1) is 13.4. The van der Waals surface area contributed by atoms with Crippen LogP contribution in [0.1, 0.15) is 26.3 Å². The molecule has 0 heterocycles. The van der Waals surface area contributed by atoms with Crippen LogP contribution in [0.3, 0.4) is 0 Å². The summed E-state index contributed by atoms with van der Waals surface area (Å²) in [6.45, 7) is 1.82. The lowest BCUT2D eigenvalue weighted by Gasteiger charge is -2.16. The summed E-state index contributed by atoms with van der Waals surface area (Å²) in [5.74, 6) is -1.43. The maximum Gasteiger partial charge on any atom is 0.298 e. The molecular formula is C22H18O5S. The molecule has 0 aromatic heterocycles.